The number of hydrogen-bond acceptors (Lipinski definition) is 7. The van der Waals surface area contributed by atoms with Crippen LogP contribution in [0.5, 0.6) is 0 Å². The third-order valence-electron chi connectivity index (χ3n) is 4.44. The molecule has 0 spiro atoms. The van der Waals surface area contributed by atoms with E-state index in [2.05, 4.69) is 39.2 Å². The van der Waals surface area contributed by atoms with Gasteiger partial charge in [-0.3, -0.25) is 4.98 Å². The number of benzene rings is 1. The second-order valence-electron chi connectivity index (χ2n) is 6.59. The zero-order valence-electron chi connectivity index (χ0n) is 14.7. The largest absolute Gasteiger partial charge is 0.416 e. The molecule has 5 aromatic rings. The Kier molecular flexibility index (Phi) is 3.46. The minimum Gasteiger partial charge on any atom is -0.416 e. The van der Waals surface area contributed by atoms with Crippen molar-refractivity contribution in [3.05, 3.63) is 54.5 Å². The summed E-state index contributed by atoms with van der Waals surface area (Å²) < 4.78 is 11.2. The van der Waals surface area contributed by atoms with Crippen LogP contribution in [-0.2, 0) is 0 Å². The third-order valence-corrected chi connectivity index (χ3v) is 4.44. The number of pyridine rings is 2. The number of rotatable bonds is 3. The molecule has 0 aliphatic heterocycles. The van der Waals surface area contributed by atoms with Crippen LogP contribution in [-0.4, -0.2) is 25.3 Å². The molecule has 0 aliphatic rings. The van der Waals surface area contributed by atoms with Crippen LogP contribution in [0.2, 0.25) is 0 Å². The Labute approximate surface area is 154 Å². The molecule has 0 amide bonds. The number of fused-ring (bicyclic) bond motifs is 2. The molecule has 0 unspecified atom stereocenters. The fraction of sp³-hybridized carbons (Fsp3) is 0.150. The van der Waals surface area contributed by atoms with Gasteiger partial charge in [0.1, 0.15) is 0 Å². The van der Waals surface area contributed by atoms with Crippen molar-refractivity contribution < 1.29 is 8.94 Å². The summed E-state index contributed by atoms with van der Waals surface area (Å²) in [6.45, 7) is 4.12. The van der Waals surface area contributed by atoms with Crippen molar-refractivity contribution >= 4 is 22.0 Å². The van der Waals surface area contributed by atoms with E-state index in [4.69, 9.17) is 8.94 Å². The van der Waals surface area contributed by atoms with E-state index in [1.165, 1.54) is 0 Å². The van der Waals surface area contributed by atoms with Crippen molar-refractivity contribution in [1.29, 1.82) is 0 Å². The molecule has 0 radical (unpaired) electrons. The summed E-state index contributed by atoms with van der Waals surface area (Å²) in [5.74, 6) is 1.04. The van der Waals surface area contributed by atoms with Crippen LogP contribution in [0.3, 0.4) is 0 Å². The van der Waals surface area contributed by atoms with Crippen LogP contribution in [0, 0.1) is 0 Å². The van der Waals surface area contributed by atoms with E-state index in [0.29, 0.717) is 17.5 Å². The molecule has 7 heteroatoms. The maximum atomic E-state index is 5.94. The molecule has 5 rings (SSSR count). The Balaban J connectivity index is 1.61. The van der Waals surface area contributed by atoms with E-state index in [1.54, 1.807) is 12.4 Å². The fourth-order valence-corrected chi connectivity index (χ4v) is 3.11. The Morgan fingerprint density at radius 3 is 2.70 bits per heavy atom. The summed E-state index contributed by atoms with van der Waals surface area (Å²) in [4.78, 5) is 8.77. The molecule has 27 heavy (non-hydrogen) atoms. The summed E-state index contributed by atoms with van der Waals surface area (Å²) in [5.41, 5.74) is 3.70. The SMILES string of the molecule is CC(C)c1noc2ncc(-c3nnc(-c4cccc5cccnc45)o3)cc12. The van der Waals surface area contributed by atoms with Gasteiger partial charge in [0.15, 0.2) is 0 Å². The predicted octanol–water partition coefficient (Wildman–Crippen LogP) is 4.61. The minimum absolute atomic E-state index is 0.225. The van der Waals surface area contributed by atoms with Gasteiger partial charge in [-0.2, -0.15) is 0 Å². The number of hydrogen-bond donors (Lipinski definition) is 0. The molecule has 4 heterocycles. The Morgan fingerprint density at radius 1 is 0.963 bits per heavy atom. The lowest BCUT2D eigenvalue weighted by atomic mass is 10.1. The molecule has 7 nitrogen and oxygen atoms in total. The van der Waals surface area contributed by atoms with Crippen LogP contribution in [0.1, 0.15) is 25.5 Å². The van der Waals surface area contributed by atoms with Gasteiger partial charge in [-0.05, 0) is 24.1 Å². The van der Waals surface area contributed by atoms with E-state index in [9.17, 15) is 0 Å². The van der Waals surface area contributed by atoms with Gasteiger partial charge < -0.3 is 8.94 Å². The minimum atomic E-state index is 0.225. The molecule has 0 aliphatic carbocycles. The maximum Gasteiger partial charge on any atom is 0.257 e. The fourth-order valence-electron chi connectivity index (χ4n) is 3.11. The zero-order chi connectivity index (χ0) is 18.4. The molecule has 0 atom stereocenters. The first-order valence-electron chi connectivity index (χ1n) is 8.64. The standard InChI is InChI=1S/C20H15N5O2/c1-11(2)16-15-9-13(10-22-19(15)27-25-16)18-23-24-20(26-18)14-7-3-5-12-6-4-8-21-17(12)14/h3-11H,1-2H3. The molecule has 4 aromatic heterocycles. The first-order chi connectivity index (χ1) is 13.2. The highest BCUT2D eigenvalue weighted by atomic mass is 16.5. The van der Waals surface area contributed by atoms with E-state index in [1.807, 2.05) is 36.4 Å². The van der Waals surface area contributed by atoms with Crippen molar-refractivity contribution in [1.82, 2.24) is 25.3 Å². The molecular weight excluding hydrogens is 342 g/mol. The van der Waals surface area contributed by atoms with Crippen molar-refractivity contribution in [2.75, 3.05) is 0 Å². The van der Waals surface area contributed by atoms with Crippen molar-refractivity contribution in [2.45, 2.75) is 19.8 Å². The smallest absolute Gasteiger partial charge is 0.257 e. The highest BCUT2D eigenvalue weighted by Crippen LogP contribution is 2.31. The molecule has 0 saturated carbocycles. The summed E-state index contributed by atoms with van der Waals surface area (Å²) in [6.07, 6.45) is 3.40. The van der Waals surface area contributed by atoms with Crippen LogP contribution in [0.25, 0.3) is 44.9 Å². The van der Waals surface area contributed by atoms with Gasteiger partial charge in [-0.25, -0.2) is 4.98 Å². The lowest BCUT2D eigenvalue weighted by Crippen LogP contribution is -1.88. The van der Waals surface area contributed by atoms with Crippen LogP contribution in [0.4, 0.5) is 0 Å². The van der Waals surface area contributed by atoms with Gasteiger partial charge in [-0.15, -0.1) is 10.2 Å². The third kappa shape index (κ3) is 2.55. The Bertz CT molecular complexity index is 1270. The van der Waals surface area contributed by atoms with E-state index < -0.39 is 0 Å². The van der Waals surface area contributed by atoms with E-state index >= 15 is 0 Å². The normalized spacial score (nSPS) is 11.7. The zero-order valence-corrected chi connectivity index (χ0v) is 14.7. The van der Waals surface area contributed by atoms with Gasteiger partial charge in [-0.1, -0.05) is 37.2 Å². The highest BCUT2D eigenvalue weighted by Gasteiger charge is 2.17. The lowest BCUT2D eigenvalue weighted by Gasteiger charge is -2.01. The number of aromatic nitrogens is 5. The van der Waals surface area contributed by atoms with Gasteiger partial charge >= 0.3 is 0 Å². The van der Waals surface area contributed by atoms with Crippen molar-refractivity contribution in [2.24, 2.45) is 0 Å². The summed E-state index contributed by atoms with van der Waals surface area (Å²) in [6, 6.07) is 11.7. The molecule has 0 fully saturated rings. The summed E-state index contributed by atoms with van der Waals surface area (Å²) >= 11 is 0. The summed E-state index contributed by atoms with van der Waals surface area (Å²) in [5, 5.41) is 14.4. The second kappa shape index (κ2) is 5.98. The van der Waals surface area contributed by atoms with Crippen molar-refractivity contribution in [3.8, 4) is 22.9 Å². The van der Waals surface area contributed by atoms with Gasteiger partial charge in [0.05, 0.1) is 27.7 Å². The predicted molar refractivity (Wildman–Crippen MR) is 99.9 cm³/mol. The molecule has 132 valence electrons. The first-order valence-corrected chi connectivity index (χ1v) is 8.64. The lowest BCUT2D eigenvalue weighted by molar-refractivity contribution is 0.434. The quantitative estimate of drug-likeness (QED) is 0.465. The molecule has 0 saturated heterocycles. The van der Waals surface area contributed by atoms with Gasteiger partial charge in [0.25, 0.3) is 5.71 Å². The van der Waals surface area contributed by atoms with Crippen LogP contribution < -0.4 is 0 Å². The van der Waals surface area contributed by atoms with Crippen LogP contribution in [0.15, 0.2) is 57.7 Å². The first kappa shape index (κ1) is 15.6. The van der Waals surface area contributed by atoms with E-state index in [0.717, 1.165) is 33.1 Å². The van der Waals surface area contributed by atoms with Crippen molar-refractivity contribution in [3.63, 3.8) is 0 Å². The van der Waals surface area contributed by atoms with Gasteiger partial charge in [0, 0.05) is 17.8 Å². The van der Waals surface area contributed by atoms with Gasteiger partial charge in [0.2, 0.25) is 11.8 Å². The maximum absolute atomic E-state index is 5.94. The monoisotopic (exact) mass is 357 g/mol. The van der Waals surface area contributed by atoms with Crippen LogP contribution >= 0.6 is 0 Å². The second-order valence-corrected chi connectivity index (χ2v) is 6.59. The topological polar surface area (TPSA) is 90.7 Å². The Morgan fingerprint density at radius 2 is 1.81 bits per heavy atom. The molecule has 0 bridgehead atoms. The Hall–Kier alpha value is -3.61. The number of para-hydroxylation sites is 1. The summed E-state index contributed by atoms with van der Waals surface area (Å²) in [7, 11) is 0. The number of nitrogens with zero attached hydrogens (tertiary/aromatic N) is 5. The highest BCUT2D eigenvalue weighted by molar-refractivity contribution is 5.91. The molecule has 1 aromatic carbocycles. The molecular formula is C20H15N5O2. The molecule has 0 N–H and O–H groups in total. The average molecular weight is 357 g/mol. The average Bonchev–Trinajstić information content (AvgIpc) is 3.34. The van der Waals surface area contributed by atoms with E-state index in [-0.39, 0.29) is 5.92 Å².